The molecule has 0 aliphatic rings. The monoisotopic (exact) mass is 369 g/mol. The molecule has 1 amide bonds. The van der Waals surface area contributed by atoms with E-state index in [2.05, 4.69) is 15.3 Å². The van der Waals surface area contributed by atoms with E-state index in [9.17, 15) is 9.59 Å². The van der Waals surface area contributed by atoms with Gasteiger partial charge in [-0.25, -0.2) is 4.98 Å². The average molecular weight is 369 g/mol. The molecule has 1 aromatic heterocycles. The summed E-state index contributed by atoms with van der Waals surface area (Å²) in [6.07, 6.45) is 0.265. The Morgan fingerprint density at radius 2 is 2.00 bits per heavy atom. The smallest absolute Gasteiger partial charge is 0.255 e. The predicted molar refractivity (Wildman–Crippen MR) is 104 cm³/mol. The lowest BCUT2D eigenvalue weighted by molar-refractivity contribution is -0.113. The van der Waals surface area contributed by atoms with Gasteiger partial charge in [-0.3, -0.25) is 9.59 Å². The highest BCUT2D eigenvalue weighted by molar-refractivity contribution is 7.99. The van der Waals surface area contributed by atoms with Crippen LogP contribution in [0, 0.1) is 6.92 Å². The van der Waals surface area contributed by atoms with Crippen LogP contribution in [0.2, 0.25) is 0 Å². The normalized spacial score (nSPS) is 10.8. The number of carbonyl (C=O) groups is 1. The molecule has 2 aromatic carbocycles. The van der Waals surface area contributed by atoms with Gasteiger partial charge >= 0.3 is 0 Å². The molecule has 0 aliphatic carbocycles. The van der Waals surface area contributed by atoms with Crippen molar-refractivity contribution in [3.05, 3.63) is 64.1 Å². The number of hydrogen-bond donors (Lipinski definition) is 3. The van der Waals surface area contributed by atoms with Crippen molar-refractivity contribution < 1.29 is 9.90 Å². The average Bonchev–Trinajstić information content (AvgIpc) is 2.63. The van der Waals surface area contributed by atoms with Crippen LogP contribution in [-0.2, 0) is 11.2 Å². The zero-order valence-corrected chi connectivity index (χ0v) is 15.1. The van der Waals surface area contributed by atoms with E-state index in [0.29, 0.717) is 16.4 Å². The maximum absolute atomic E-state index is 12.2. The van der Waals surface area contributed by atoms with E-state index in [1.54, 1.807) is 6.92 Å². The quantitative estimate of drug-likeness (QED) is 0.458. The van der Waals surface area contributed by atoms with E-state index in [1.165, 1.54) is 11.8 Å². The fourth-order valence-electron chi connectivity index (χ4n) is 2.66. The van der Waals surface area contributed by atoms with Gasteiger partial charge in [-0.1, -0.05) is 42.1 Å². The summed E-state index contributed by atoms with van der Waals surface area (Å²) in [4.78, 5) is 31.1. The molecular formula is C19H19N3O3S. The largest absolute Gasteiger partial charge is 0.396 e. The van der Waals surface area contributed by atoms with Crippen LogP contribution in [0.1, 0.15) is 11.3 Å². The molecule has 0 saturated heterocycles. The second-order valence-electron chi connectivity index (χ2n) is 5.81. The number of amides is 1. The van der Waals surface area contributed by atoms with Crippen LogP contribution in [0.15, 0.2) is 52.4 Å². The van der Waals surface area contributed by atoms with Gasteiger partial charge in [-0.05, 0) is 29.8 Å². The van der Waals surface area contributed by atoms with Gasteiger partial charge in [0.05, 0.1) is 5.75 Å². The molecule has 3 aromatic rings. The molecule has 3 rings (SSSR count). The minimum absolute atomic E-state index is 0.105. The summed E-state index contributed by atoms with van der Waals surface area (Å²) < 4.78 is 0. The Hall–Kier alpha value is -2.64. The van der Waals surface area contributed by atoms with Gasteiger partial charge in [0.1, 0.15) is 0 Å². The summed E-state index contributed by atoms with van der Waals surface area (Å²) >= 11 is 1.17. The first-order valence-corrected chi connectivity index (χ1v) is 9.17. The number of aliphatic hydroxyl groups is 1. The van der Waals surface area contributed by atoms with Crippen LogP contribution in [0.5, 0.6) is 0 Å². The predicted octanol–water partition coefficient (Wildman–Crippen LogP) is 2.50. The summed E-state index contributed by atoms with van der Waals surface area (Å²) in [5, 5.41) is 14.4. The van der Waals surface area contributed by atoms with Crippen molar-refractivity contribution in [2.24, 2.45) is 0 Å². The zero-order valence-electron chi connectivity index (χ0n) is 14.3. The van der Waals surface area contributed by atoms with Gasteiger partial charge in [0.2, 0.25) is 5.91 Å². The third-order valence-corrected chi connectivity index (χ3v) is 4.81. The van der Waals surface area contributed by atoms with E-state index in [0.717, 1.165) is 16.5 Å². The zero-order chi connectivity index (χ0) is 18.5. The van der Waals surface area contributed by atoms with Gasteiger partial charge in [0, 0.05) is 30.0 Å². The molecule has 3 N–H and O–H groups in total. The second kappa shape index (κ2) is 8.16. The van der Waals surface area contributed by atoms with Crippen molar-refractivity contribution in [3.63, 3.8) is 0 Å². The number of aromatic nitrogens is 2. The number of H-pyrrole nitrogens is 1. The van der Waals surface area contributed by atoms with E-state index < -0.39 is 0 Å². The third kappa shape index (κ3) is 4.30. The summed E-state index contributed by atoms with van der Waals surface area (Å²) in [7, 11) is 0. The number of carbonyl (C=O) groups excluding carboxylic acids is 1. The minimum atomic E-state index is -0.274. The van der Waals surface area contributed by atoms with Crippen molar-refractivity contribution in [1.29, 1.82) is 0 Å². The second-order valence-corrected chi connectivity index (χ2v) is 6.77. The number of aliphatic hydroxyl groups excluding tert-OH is 1. The molecule has 0 saturated carbocycles. The van der Waals surface area contributed by atoms with Crippen molar-refractivity contribution in [2.45, 2.75) is 18.5 Å². The summed E-state index contributed by atoms with van der Waals surface area (Å²) in [5.74, 6) is -0.0424. The van der Waals surface area contributed by atoms with Crippen molar-refractivity contribution >= 4 is 34.1 Å². The van der Waals surface area contributed by atoms with Crippen LogP contribution < -0.4 is 10.9 Å². The highest BCUT2D eigenvalue weighted by Crippen LogP contribution is 2.19. The fourth-order valence-corrected chi connectivity index (χ4v) is 3.36. The number of aromatic amines is 1. The molecule has 0 aliphatic heterocycles. The first-order chi connectivity index (χ1) is 12.6. The number of benzene rings is 2. The molecule has 7 heteroatoms. The van der Waals surface area contributed by atoms with Gasteiger partial charge in [0.25, 0.3) is 5.56 Å². The Morgan fingerprint density at radius 1 is 1.23 bits per heavy atom. The number of anilines is 1. The van der Waals surface area contributed by atoms with Gasteiger partial charge in [-0.15, -0.1) is 0 Å². The number of aryl methyl sites for hydroxylation is 1. The summed E-state index contributed by atoms with van der Waals surface area (Å²) in [6, 6.07) is 13.7. The molecule has 6 nitrogen and oxygen atoms in total. The lowest BCUT2D eigenvalue weighted by atomic mass is 10.1. The first-order valence-electron chi connectivity index (χ1n) is 8.19. The maximum Gasteiger partial charge on any atom is 0.255 e. The molecule has 1 heterocycles. The number of nitrogens with one attached hydrogen (secondary N) is 2. The number of fused-ring (bicyclic) bond motifs is 1. The number of hydrogen-bond acceptors (Lipinski definition) is 5. The topological polar surface area (TPSA) is 95.1 Å². The minimum Gasteiger partial charge on any atom is -0.396 e. The molecule has 0 unspecified atom stereocenters. The van der Waals surface area contributed by atoms with E-state index in [-0.39, 0.29) is 30.2 Å². The van der Waals surface area contributed by atoms with E-state index >= 15 is 0 Å². The fraction of sp³-hybridized carbons (Fsp3) is 0.211. The molecular weight excluding hydrogens is 350 g/mol. The molecule has 0 bridgehead atoms. The Morgan fingerprint density at radius 3 is 2.73 bits per heavy atom. The maximum atomic E-state index is 12.2. The lowest BCUT2D eigenvalue weighted by Gasteiger charge is -2.08. The van der Waals surface area contributed by atoms with Crippen LogP contribution >= 0.6 is 11.8 Å². The van der Waals surface area contributed by atoms with Gasteiger partial charge in [-0.2, -0.15) is 0 Å². The number of thioether (sulfide) groups is 1. The first kappa shape index (κ1) is 18.2. The Bertz CT molecular complexity index is 1000. The SMILES string of the molecule is Cc1nc(SCC(=O)Nc2ccc3ccccc3c2)[nH]c(=O)c1CCO. The third-order valence-electron chi connectivity index (χ3n) is 3.94. The highest BCUT2D eigenvalue weighted by Gasteiger charge is 2.10. The van der Waals surface area contributed by atoms with E-state index in [4.69, 9.17) is 5.11 Å². The molecule has 0 spiro atoms. The van der Waals surface area contributed by atoms with Crippen molar-refractivity contribution in [2.75, 3.05) is 17.7 Å². The lowest BCUT2D eigenvalue weighted by Crippen LogP contribution is -2.19. The van der Waals surface area contributed by atoms with Crippen LogP contribution in [-0.4, -0.2) is 33.3 Å². The van der Waals surface area contributed by atoms with Gasteiger partial charge in [0.15, 0.2) is 5.16 Å². The molecule has 0 radical (unpaired) electrons. The molecule has 0 fully saturated rings. The van der Waals surface area contributed by atoms with E-state index in [1.807, 2.05) is 42.5 Å². The number of nitrogens with zero attached hydrogens (tertiary/aromatic N) is 1. The Labute approximate surface area is 154 Å². The summed E-state index contributed by atoms with van der Waals surface area (Å²) in [6.45, 7) is 1.62. The van der Waals surface area contributed by atoms with Crippen LogP contribution in [0.4, 0.5) is 5.69 Å². The Kier molecular flexibility index (Phi) is 5.70. The van der Waals surface area contributed by atoms with Crippen LogP contribution in [0.25, 0.3) is 10.8 Å². The van der Waals surface area contributed by atoms with Crippen LogP contribution in [0.3, 0.4) is 0 Å². The highest BCUT2D eigenvalue weighted by atomic mass is 32.2. The van der Waals surface area contributed by atoms with Crippen molar-refractivity contribution in [3.8, 4) is 0 Å². The van der Waals surface area contributed by atoms with Crippen molar-refractivity contribution in [1.82, 2.24) is 9.97 Å². The number of rotatable bonds is 6. The summed E-state index contributed by atoms with van der Waals surface area (Å²) in [5.41, 5.74) is 1.49. The van der Waals surface area contributed by atoms with Gasteiger partial charge < -0.3 is 15.4 Å². The molecule has 0 atom stereocenters. The molecule has 26 heavy (non-hydrogen) atoms. The molecule has 134 valence electrons. The Balaban J connectivity index is 1.64. The standard InChI is InChI=1S/C19H19N3O3S/c1-12-16(8-9-23)18(25)22-19(20-12)26-11-17(24)21-15-7-6-13-4-2-3-5-14(13)10-15/h2-7,10,23H,8-9,11H2,1H3,(H,21,24)(H,20,22,25).